The minimum absolute atomic E-state index is 0.271. The summed E-state index contributed by atoms with van der Waals surface area (Å²) in [5.41, 5.74) is 5.75. The first-order valence-corrected chi connectivity index (χ1v) is 5.76. The Balaban J connectivity index is 2.65. The van der Waals surface area contributed by atoms with Crippen molar-refractivity contribution in [3.8, 4) is 0 Å². The van der Waals surface area contributed by atoms with Crippen LogP contribution in [0.2, 0.25) is 0 Å². The fourth-order valence-corrected chi connectivity index (χ4v) is 1.44. The van der Waals surface area contributed by atoms with E-state index in [1.54, 1.807) is 6.07 Å². The third kappa shape index (κ3) is 3.71. The number of H-pyrrole nitrogens is 1. The molecule has 0 unspecified atom stereocenters. The molecular weight excluding hydrogens is 218 g/mol. The van der Waals surface area contributed by atoms with Crippen molar-refractivity contribution < 1.29 is 4.79 Å². The zero-order valence-corrected chi connectivity index (χ0v) is 10.2. The summed E-state index contributed by atoms with van der Waals surface area (Å²) >= 11 is 0. The summed E-state index contributed by atoms with van der Waals surface area (Å²) in [6.45, 7) is 4.39. The molecule has 0 saturated carbocycles. The van der Waals surface area contributed by atoms with Gasteiger partial charge in [0, 0.05) is 29.9 Å². The van der Waals surface area contributed by atoms with Crippen molar-refractivity contribution in [3.05, 3.63) is 34.2 Å². The minimum Gasteiger partial charge on any atom is -0.350 e. The quantitative estimate of drug-likeness (QED) is 0.701. The summed E-state index contributed by atoms with van der Waals surface area (Å²) in [6.07, 6.45) is 3.03. The molecule has 0 spiro atoms. The SMILES string of the molecule is CCC(N)(CC)CNC(=O)c1cc[nH]c(=O)c1. The Morgan fingerprint density at radius 2 is 2.12 bits per heavy atom. The highest BCUT2D eigenvalue weighted by Gasteiger charge is 2.21. The van der Waals surface area contributed by atoms with E-state index in [0.717, 1.165) is 12.8 Å². The number of pyridine rings is 1. The molecule has 0 atom stereocenters. The van der Waals surface area contributed by atoms with Gasteiger partial charge in [0.15, 0.2) is 0 Å². The van der Waals surface area contributed by atoms with Crippen LogP contribution in [0.25, 0.3) is 0 Å². The van der Waals surface area contributed by atoms with Gasteiger partial charge in [0.05, 0.1) is 0 Å². The normalized spacial score (nSPS) is 11.2. The summed E-state index contributed by atoms with van der Waals surface area (Å²) in [5.74, 6) is -0.271. The number of hydrogen-bond acceptors (Lipinski definition) is 3. The number of amides is 1. The summed E-state index contributed by atoms with van der Waals surface area (Å²) in [4.78, 5) is 25.3. The van der Waals surface area contributed by atoms with Gasteiger partial charge < -0.3 is 16.0 Å². The van der Waals surface area contributed by atoms with Crippen molar-refractivity contribution in [1.29, 1.82) is 0 Å². The Hall–Kier alpha value is -1.62. The van der Waals surface area contributed by atoms with Crippen LogP contribution in [-0.4, -0.2) is 23.0 Å². The number of aromatic amines is 1. The average molecular weight is 237 g/mol. The fraction of sp³-hybridized carbons (Fsp3) is 0.500. The van der Waals surface area contributed by atoms with Crippen LogP contribution < -0.4 is 16.6 Å². The molecule has 0 radical (unpaired) electrons. The molecule has 5 nitrogen and oxygen atoms in total. The third-order valence-electron chi connectivity index (χ3n) is 3.05. The summed E-state index contributed by atoms with van der Waals surface area (Å²) in [5, 5.41) is 2.75. The number of nitrogens with one attached hydrogen (secondary N) is 2. The van der Waals surface area contributed by atoms with E-state index in [0.29, 0.717) is 12.1 Å². The molecule has 0 fully saturated rings. The molecule has 1 heterocycles. The van der Waals surface area contributed by atoms with Gasteiger partial charge in [-0.3, -0.25) is 9.59 Å². The van der Waals surface area contributed by atoms with Gasteiger partial charge in [-0.05, 0) is 18.9 Å². The van der Waals surface area contributed by atoms with Crippen LogP contribution in [0, 0.1) is 0 Å². The second kappa shape index (κ2) is 5.63. The highest BCUT2D eigenvalue weighted by atomic mass is 16.2. The predicted molar refractivity (Wildman–Crippen MR) is 66.9 cm³/mol. The Bertz CT molecular complexity index is 435. The maximum absolute atomic E-state index is 11.8. The highest BCUT2D eigenvalue weighted by Crippen LogP contribution is 2.09. The molecule has 0 saturated heterocycles. The van der Waals surface area contributed by atoms with Gasteiger partial charge in [-0.1, -0.05) is 13.8 Å². The van der Waals surface area contributed by atoms with Crippen LogP contribution in [0.1, 0.15) is 37.0 Å². The van der Waals surface area contributed by atoms with Crippen molar-refractivity contribution in [2.24, 2.45) is 5.73 Å². The molecule has 94 valence electrons. The molecule has 17 heavy (non-hydrogen) atoms. The molecular formula is C12H19N3O2. The predicted octanol–water partition coefficient (Wildman–Crippen LogP) is 0.622. The molecule has 5 heteroatoms. The Labute approximate surface area is 100 Å². The first-order valence-electron chi connectivity index (χ1n) is 5.76. The topological polar surface area (TPSA) is 88.0 Å². The zero-order chi connectivity index (χ0) is 12.9. The standard InChI is InChI=1S/C12H19N3O2/c1-3-12(13,4-2)8-15-11(17)9-5-6-14-10(16)7-9/h5-7H,3-4,8,13H2,1-2H3,(H,14,16)(H,15,17). The average Bonchev–Trinajstić information content (AvgIpc) is 2.35. The van der Waals surface area contributed by atoms with Crippen LogP contribution in [0.4, 0.5) is 0 Å². The van der Waals surface area contributed by atoms with Gasteiger partial charge in [-0.2, -0.15) is 0 Å². The van der Waals surface area contributed by atoms with E-state index in [4.69, 9.17) is 5.73 Å². The van der Waals surface area contributed by atoms with Gasteiger partial charge in [0.25, 0.3) is 5.91 Å². The molecule has 1 rings (SSSR count). The zero-order valence-electron chi connectivity index (χ0n) is 10.2. The van der Waals surface area contributed by atoms with Gasteiger partial charge in [-0.15, -0.1) is 0 Å². The van der Waals surface area contributed by atoms with Gasteiger partial charge in [-0.25, -0.2) is 0 Å². The lowest BCUT2D eigenvalue weighted by Gasteiger charge is -2.26. The number of aromatic nitrogens is 1. The molecule has 4 N–H and O–H groups in total. The maximum Gasteiger partial charge on any atom is 0.251 e. The van der Waals surface area contributed by atoms with E-state index in [2.05, 4.69) is 10.3 Å². The van der Waals surface area contributed by atoms with Crippen molar-refractivity contribution >= 4 is 5.91 Å². The lowest BCUT2D eigenvalue weighted by Crippen LogP contribution is -2.49. The molecule has 0 aliphatic heterocycles. The summed E-state index contributed by atoms with van der Waals surface area (Å²) < 4.78 is 0. The van der Waals surface area contributed by atoms with E-state index < -0.39 is 0 Å². The molecule has 1 aromatic heterocycles. The van der Waals surface area contributed by atoms with Crippen LogP contribution in [0.5, 0.6) is 0 Å². The Morgan fingerprint density at radius 3 is 2.65 bits per heavy atom. The van der Waals surface area contributed by atoms with Crippen LogP contribution >= 0.6 is 0 Å². The first kappa shape index (κ1) is 13.4. The largest absolute Gasteiger partial charge is 0.350 e. The monoisotopic (exact) mass is 237 g/mol. The summed E-state index contributed by atoms with van der Waals surface area (Å²) in [7, 11) is 0. The van der Waals surface area contributed by atoms with E-state index in [1.165, 1.54) is 12.3 Å². The van der Waals surface area contributed by atoms with E-state index in [1.807, 2.05) is 13.8 Å². The van der Waals surface area contributed by atoms with Crippen molar-refractivity contribution in [2.75, 3.05) is 6.54 Å². The second-order valence-corrected chi connectivity index (χ2v) is 4.19. The van der Waals surface area contributed by atoms with Crippen molar-refractivity contribution in [1.82, 2.24) is 10.3 Å². The fourth-order valence-electron chi connectivity index (χ4n) is 1.44. The Morgan fingerprint density at radius 1 is 1.47 bits per heavy atom. The molecule has 0 aliphatic carbocycles. The lowest BCUT2D eigenvalue weighted by molar-refractivity contribution is 0.0942. The summed E-state index contributed by atoms with van der Waals surface area (Å²) in [6, 6.07) is 2.83. The minimum atomic E-state index is -0.378. The first-order chi connectivity index (χ1) is 8.00. The van der Waals surface area contributed by atoms with Crippen LogP contribution in [-0.2, 0) is 0 Å². The number of rotatable bonds is 5. The molecule has 1 aromatic rings. The maximum atomic E-state index is 11.8. The van der Waals surface area contributed by atoms with Gasteiger partial charge in [0.2, 0.25) is 5.56 Å². The number of carbonyl (C=O) groups excluding carboxylic acids is 1. The molecule has 0 aliphatic rings. The lowest BCUT2D eigenvalue weighted by atomic mass is 9.94. The third-order valence-corrected chi connectivity index (χ3v) is 3.05. The van der Waals surface area contributed by atoms with Crippen molar-refractivity contribution in [3.63, 3.8) is 0 Å². The van der Waals surface area contributed by atoms with Crippen LogP contribution in [0.15, 0.2) is 23.1 Å². The van der Waals surface area contributed by atoms with E-state index >= 15 is 0 Å². The van der Waals surface area contributed by atoms with E-state index in [-0.39, 0.29) is 17.0 Å². The van der Waals surface area contributed by atoms with Gasteiger partial charge in [0.1, 0.15) is 0 Å². The van der Waals surface area contributed by atoms with E-state index in [9.17, 15) is 9.59 Å². The highest BCUT2D eigenvalue weighted by molar-refractivity contribution is 5.93. The number of nitrogens with two attached hydrogens (primary N) is 1. The smallest absolute Gasteiger partial charge is 0.251 e. The number of hydrogen-bond donors (Lipinski definition) is 3. The van der Waals surface area contributed by atoms with Gasteiger partial charge >= 0.3 is 0 Å². The molecule has 1 amide bonds. The number of carbonyl (C=O) groups is 1. The van der Waals surface area contributed by atoms with Crippen LogP contribution in [0.3, 0.4) is 0 Å². The molecule has 0 aromatic carbocycles. The molecule has 0 bridgehead atoms. The van der Waals surface area contributed by atoms with Crippen molar-refractivity contribution in [2.45, 2.75) is 32.2 Å². The second-order valence-electron chi connectivity index (χ2n) is 4.19. The Kier molecular flexibility index (Phi) is 4.45.